The Balaban J connectivity index is 2.17. The first-order chi connectivity index (χ1) is 11.1. The van der Waals surface area contributed by atoms with Crippen LogP contribution in [0.25, 0.3) is 20.2 Å². The summed E-state index contributed by atoms with van der Waals surface area (Å²) in [5.74, 6) is 0.560. The van der Waals surface area contributed by atoms with Crippen LogP contribution in [0.5, 0.6) is 0 Å². The molecule has 1 aromatic heterocycles. The predicted molar refractivity (Wildman–Crippen MR) is 104 cm³/mol. The van der Waals surface area contributed by atoms with Crippen molar-refractivity contribution in [1.82, 2.24) is 0 Å². The number of nitrogens with two attached hydrogens (primary N) is 1. The fraction of sp³-hybridized carbons (Fsp3) is 0.238. The van der Waals surface area contributed by atoms with E-state index in [4.69, 9.17) is 5.73 Å². The second-order valence-electron chi connectivity index (χ2n) is 6.27. The summed E-state index contributed by atoms with van der Waals surface area (Å²) in [6.45, 7) is 6.70. The van der Waals surface area contributed by atoms with E-state index >= 15 is 0 Å². The van der Waals surface area contributed by atoms with Crippen molar-refractivity contribution in [1.29, 1.82) is 0 Å². The van der Waals surface area contributed by atoms with Crippen molar-refractivity contribution in [3.05, 3.63) is 71.5 Å². The van der Waals surface area contributed by atoms with Gasteiger partial charge >= 0.3 is 0 Å². The largest absolute Gasteiger partial charge is 0.405 e. The van der Waals surface area contributed by atoms with Crippen LogP contribution in [0.3, 0.4) is 0 Å². The Bertz CT molecular complexity index is 897. The van der Waals surface area contributed by atoms with Crippen LogP contribution in [0.2, 0.25) is 0 Å². The van der Waals surface area contributed by atoms with Crippen molar-refractivity contribution < 1.29 is 0 Å². The molecule has 23 heavy (non-hydrogen) atoms. The van der Waals surface area contributed by atoms with E-state index in [0.717, 1.165) is 6.42 Å². The standard InChI is InChI=1S/C21H23NS/c1-14(2)16-9-11-20-19(13-16)18-10-8-15(3)17(21(18)23-20)7-5-4-6-12-22/h4-6,8-14H,7,22H2,1-3H3/b5-4-,12-6-. The number of benzene rings is 2. The van der Waals surface area contributed by atoms with Gasteiger partial charge in [-0.05, 0) is 60.4 Å². The SMILES string of the molecule is Cc1ccc2c(sc3ccc(C(C)C)cc32)c1C/C=C\C=C/N. The lowest BCUT2D eigenvalue weighted by Gasteiger charge is -2.06. The summed E-state index contributed by atoms with van der Waals surface area (Å²) in [5, 5.41) is 2.78. The zero-order chi connectivity index (χ0) is 16.4. The van der Waals surface area contributed by atoms with Gasteiger partial charge in [-0.3, -0.25) is 0 Å². The fourth-order valence-electron chi connectivity index (χ4n) is 2.95. The van der Waals surface area contributed by atoms with E-state index in [1.54, 1.807) is 6.20 Å². The van der Waals surface area contributed by atoms with Gasteiger partial charge in [-0.1, -0.05) is 44.2 Å². The molecular formula is C21H23NS. The maximum atomic E-state index is 5.39. The number of rotatable bonds is 4. The van der Waals surface area contributed by atoms with Crippen LogP contribution in [-0.4, -0.2) is 0 Å². The lowest BCUT2D eigenvalue weighted by atomic mass is 9.98. The molecule has 2 N–H and O–H groups in total. The van der Waals surface area contributed by atoms with Crippen LogP contribution in [-0.2, 0) is 6.42 Å². The molecule has 3 rings (SSSR count). The van der Waals surface area contributed by atoms with Crippen molar-refractivity contribution in [3.8, 4) is 0 Å². The third-order valence-electron chi connectivity index (χ3n) is 4.35. The molecular weight excluding hydrogens is 298 g/mol. The van der Waals surface area contributed by atoms with Crippen molar-refractivity contribution in [2.45, 2.75) is 33.1 Å². The molecule has 0 saturated carbocycles. The normalized spacial score (nSPS) is 12.5. The fourth-order valence-corrected chi connectivity index (χ4v) is 4.24. The molecule has 0 fully saturated rings. The van der Waals surface area contributed by atoms with Gasteiger partial charge in [0.05, 0.1) is 0 Å². The Morgan fingerprint density at radius 2 is 1.91 bits per heavy atom. The van der Waals surface area contributed by atoms with Crippen molar-refractivity contribution in [2.75, 3.05) is 0 Å². The second kappa shape index (κ2) is 6.59. The van der Waals surface area contributed by atoms with E-state index in [0.29, 0.717) is 5.92 Å². The number of hydrogen-bond acceptors (Lipinski definition) is 2. The van der Waals surface area contributed by atoms with Gasteiger partial charge in [-0.15, -0.1) is 11.3 Å². The van der Waals surface area contributed by atoms with Crippen LogP contribution in [0.4, 0.5) is 0 Å². The van der Waals surface area contributed by atoms with E-state index in [-0.39, 0.29) is 0 Å². The zero-order valence-corrected chi connectivity index (χ0v) is 14.8. The second-order valence-corrected chi connectivity index (χ2v) is 7.32. The lowest BCUT2D eigenvalue weighted by molar-refractivity contribution is 0.869. The van der Waals surface area contributed by atoms with Crippen LogP contribution >= 0.6 is 11.3 Å². The summed E-state index contributed by atoms with van der Waals surface area (Å²) in [4.78, 5) is 0. The summed E-state index contributed by atoms with van der Waals surface area (Å²) in [5.41, 5.74) is 9.58. The molecule has 118 valence electrons. The van der Waals surface area contributed by atoms with Crippen molar-refractivity contribution in [3.63, 3.8) is 0 Å². The first-order valence-corrected chi connectivity index (χ1v) is 8.91. The minimum absolute atomic E-state index is 0.560. The Morgan fingerprint density at radius 1 is 1.09 bits per heavy atom. The number of aryl methyl sites for hydroxylation is 1. The van der Waals surface area contributed by atoms with E-state index in [1.165, 1.54) is 36.9 Å². The Labute approximate surface area is 142 Å². The molecule has 0 aliphatic heterocycles. The average molecular weight is 321 g/mol. The topological polar surface area (TPSA) is 26.0 Å². The van der Waals surface area contributed by atoms with E-state index in [9.17, 15) is 0 Å². The third kappa shape index (κ3) is 3.04. The quantitative estimate of drug-likeness (QED) is 0.581. The van der Waals surface area contributed by atoms with Gasteiger partial charge in [0.15, 0.2) is 0 Å². The molecule has 0 radical (unpaired) electrons. The molecule has 2 aromatic carbocycles. The highest BCUT2D eigenvalue weighted by Crippen LogP contribution is 2.38. The molecule has 1 nitrogen and oxygen atoms in total. The molecule has 0 aliphatic carbocycles. The number of fused-ring (bicyclic) bond motifs is 3. The molecule has 0 atom stereocenters. The van der Waals surface area contributed by atoms with Crippen LogP contribution in [0.15, 0.2) is 54.8 Å². The monoisotopic (exact) mass is 321 g/mol. The summed E-state index contributed by atoms with van der Waals surface area (Å²) < 4.78 is 2.80. The highest BCUT2D eigenvalue weighted by atomic mass is 32.1. The summed E-state index contributed by atoms with van der Waals surface area (Å²) >= 11 is 1.91. The Hall–Kier alpha value is -2.06. The highest BCUT2D eigenvalue weighted by Gasteiger charge is 2.11. The highest BCUT2D eigenvalue weighted by molar-refractivity contribution is 7.26. The number of allylic oxidation sites excluding steroid dienone is 3. The summed E-state index contributed by atoms with van der Waals surface area (Å²) in [7, 11) is 0. The van der Waals surface area contributed by atoms with Gasteiger partial charge in [0, 0.05) is 20.2 Å². The number of hydrogen-bond donors (Lipinski definition) is 1. The molecule has 2 heteroatoms. The zero-order valence-electron chi connectivity index (χ0n) is 14.0. The predicted octanol–water partition coefficient (Wildman–Crippen LogP) is 6.06. The minimum atomic E-state index is 0.560. The van der Waals surface area contributed by atoms with Crippen LogP contribution in [0.1, 0.15) is 36.5 Å². The van der Waals surface area contributed by atoms with Gasteiger partial charge in [0.2, 0.25) is 0 Å². The van der Waals surface area contributed by atoms with Gasteiger partial charge in [0.1, 0.15) is 0 Å². The first-order valence-electron chi connectivity index (χ1n) is 8.10. The van der Waals surface area contributed by atoms with E-state index < -0.39 is 0 Å². The van der Waals surface area contributed by atoms with E-state index in [1.807, 2.05) is 23.5 Å². The molecule has 1 heterocycles. The smallest absolute Gasteiger partial charge is 0.0393 e. The third-order valence-corrected chi connectivity index (χ3v) is 5.59. The molecule has 0 bridgehead atoms. The molecule has 3 aromatic rings. The van der Waals surface area contributed by atoms with Crippen molar-refractivity contribution in [2.24, 2.45) is 5.73 Å². The van der Waals surface area contributed by atoms with Crippen LogP contribution in [0, 0.1) is 6.92 Å². The molecule has 0 amide bonds. The van der Waals surface area contributed by atoms with Crippen molar-refractivity contribution >= 4 is 31.5 Å². The molecule has 0 spiro atoms. The summed E-state index contributed by atoms with van der Waals surface area (Å²) in [6, 6.07) is 11.4. The number of thiophene rings is 1. The summed E-state index contributed by atoms with van der Waals surface area (Å²) in [6.07, 6.45) is 8.57. The maximum Gasteiger partial charge on any atom is 0.0393 e. The maximum absolute atomic E-state index is 5.39. The molecule has 0 unspecified atom stereocenters. The molecule has 0 aliphatic rings. The minimum Gasteiger partial charge on any atom is -0.405 e. The van der Waals surface area contributed by atoms with Gasteiger partial charge in [-0.2, -0.15) is 0 Å². The average Bonchev–Trinajstić information content (AvgIpc) is 2.90. The van der Waals surface area contributed by atoms with E-state index in [2.05, 4.69) is 57.2 Å². The van der Waals surface area contributed by atoms with Gasteiger partial charge in [0.25, 0.3) is 0 Å². The van der Waals surface area contributed by atoms with Gasteiger partial charge in [-0.25, -0.2) is 0 Å². The Kier molecular flexibility index (Phi) is 4.53. The Morgan fingerprint density at radius 3 is 2.65 bits per heavy atom. The molecule has 0 saturated heterocycles. The lowest BCUT2D eigenvalue weighted by Crippen LogP contribution is -1.87. The first kappa shape index (κ1) is 15.8. The van der Waals surface area contributed by atoms with Crippen LogP contribution < -0.4 is 5.73 Å². The van der Waals surface area contributed by atoms with Gasteiger partial charge < -0.3 is 5.73 Å².